The largest absolute Gasteiger partial charge is 0.481 e. The molecule has 0 aliphatic rings. The molecule has 0 aromatic rings. The van der Waals surface area contributed by atoms with Crippen LogP contribution >= 0.6 is 0 Å². The fourth-order valence-electron chi connectivity index (χ4n) is 1.25. The summed E-state index contributed by atoms with van der Waals surface area (Å²) in [4.78, 5) is 31.9. The van der Waals surface area contributed by atoms with Gasteiger partial charge in [0.05, 0.1) is 11.8 Å². The maximum Gasteiger partial charge on any atom is 0.320 e. The van der Waals surface area contributed by atoms with Gasteiger partial charge >= 0.3 is 17.9 Å². The molecule has 0 aliphatic carbocycles. The molecule has 0 bridgehead atoms. The highest BCUT2D eigenvalue weighted by molar-refractivity contribution is 5.81. The van der Waals surface area contributed by atoms with E-state index in [9.17, 15) is 14.4 Å². The topological polar surface area (TPSA) is 164 Å². The minimum atomic E-state index is -1.42. The Morgan fingerprint density at radius 1 is 0.938 bits per heavy atom. The lowest BCUT2D eigenvalue weighted by Gasteiger charge is -2.20. The number of nitrogens with two attached hydrogens (primary N) is 2. The van der Waals surface area contributed by atoms with E-state index in [-0.39, 0.29) is 0 Å². The summed E-state index contributed by atoms with van der Waals surface area (Å²) in [6, 6.07) is -1.42. The predicted molar refractivity (Wildman–Crippen MR) is 51.5 cm³/mol. The SMILES string of the molecule is NCC(C(=O)O)C(CC(N)C(=O)O)C(=O)O. The zero-order chi connectivity index (χ0) is 12.9. The van der Waals surface area contributed by atoms with Gasteiger partial charge in [0.1, 0.15) is 6.04 Å². The van der Waals surface area contributed by atoms with Crippen molar-refractivity contribution in [2.45, 2.75) is 12.5 Å². The average molecular weight is 234 g/mol. The van der Waals surface area contributed by atoms with Gasteiger partial charge in [-0.25, -0.2) is 0 Å². The van der Waals surface area contributed by atoms with Crippen LogP contribution in [-0.2, 0) is 14.4 Å². The Hall–Kier alpha value is -1.67. The van der Waals surface area contributed by atoms with Gasteiger partial charge in [0.15, 0.2) is 0 Å². The third-order valence-electron chi connectivity index (χ3n) is 2.20. The molecule has 0 saturated carbocycles. The molecule has 8 nitrogen and oxygen atoms in total. The summed E-state index contributed by atoms with van der Waals surface area (Å²) in [6.45, 7) is -0.390. The fourth-order valence-corrected chi connectivity index (χ4v) is 1.25. The number of carbonyl (C=O) groups is 3. The molecule has 3 unspecified atom stereocenters. The number of carboxylic acid groups (broad SMARTS) is 3. The van der Waals surface area contributed by atoms with E-state index in [1.807, 2.05) is 0 Å². The lowest BCUT2D eigenvalue weighted by Crippen LogP contribution is -2.41. The summed E-state index contributed by atoms with van der Waals surface area (Å²) in [6.07, 6.45) is -0.473. The molecule has 0 rings (SSSR count). The first-order valence-corrected chi connectivity index (χ1v) is 4.45. The van der Waals surface area contributed by atoms with E-state index in [1.54, 1.807) is 0 Å². The zero-order valence-electron chi connectivity index (χ0n) is 8.37. The maximum absolute atomic E-state index is 10.8. The Balaban J connectivity index is 4.79. The first kappa shape index (κ1) is 14.3. The van der Waals surface area contributed by atoms with Crippen molar-refractivity contribution in [3.05, 3.63) is 0 Å². The van der Waals surface area contributed by atoms with Crippen molar-refractivity contribution in [2.24, 2.45) is 23.3 Å². The van der Waals surface area contributed by atoms with Crippen molar-refractivity contribution < 1.29 is 29.7 Å². The van der Waals surface area contributed by atoms with Gasteiger partial charge < -0.3 is 26.8 Å². The average Bonchev–Trinajstić information content (AvgIpc) is 2.16. The minimum Gasteiger partial charge on any atom is -0.481 e. The number of rotatable bonds is 7. The van der Waals surface area contributed by atoms with Crippen LogP contribution < -0.4 is 11.5 Å². The van der Waals surface area contributed by atoms with E-state index < -0.39 is 48.8 Å². The summed E-state index contributed by atoms with van der Waals surface area (Å²) in [5.41, 5.74) is 10.3. The van der Waals surface area contributed by atoms with Crippen LogP contribution in [0.25, 0.3) is 0 Å². The van der Waals surface area contributed by atoms with Crippen LogP contribution in [0.2, 0.25) is 0 Å². The van der Waals surface area contributed by atoms with Crippen molar-refractivity contribution in [3.63, 3.8) is 0 Å². The molecule has 0 fully saturated rings. The van der Waals surface area contributed by atoms with Gasteiger partial charge in [0, 0.05) is 6.54 Å². The van der Waals surface area contributed by atoms with Gasteiger partial charge in [0.25, 0.3) is 0 Å². The third-order valence-corrected chi connectivity index (χ3v) is 2.20. The van der Waals surface area contributed by atoms with Crippen LogP contribution in [0.1, 0.15) is 6.42 Å². The molecule has 0 amide bonds. The first-order valence-electron chi connectivity index (χ1n) is 4.45. The molecular formula is C8H14N2O6. The van der Waals surface area contributed by atoms with Gasteiger partial charge in [0.2, 0.25) is 0 Å². The number of hydrogen-bond donors (Lipinski definition) is 5. The van der Waals surface area contributed by atoms with Crippen molar-refractivity contribution in [1.82, 2.24) is 0 Å². The van der Waals surface area contributed by atoms with Gasteiger partial charge in [-0.2, -0.15) is 0 Å². The van der Waals surface area contributed by atoms with E-state index >= 15 is 0 Å². The highest BCUT2D eigenvalue weighted by Crippen LogP contribution is 2.17. The van der Waals surface area contributed by atoms with Gasteiger partial charge in [-0.1, -0.05) is 0 Å². The van der Waals surface area contributed by atoms with E-state index in [0.29, 0.717) is 0 Å². The minimum absolute atomic E-state index is 0.390. The number of hydrogen-bond acceptors (Lipinski definition) is 5. The molecule has 0 radical (unpaired) electrons. The summed E-state index contributed by atoms with van der Waals surface area (Å²) >= 11 is 0. The summed E-state index contributed by atoms with van der Waals surface area (Å²) in [5, 5.41) is 26.0. The Labute approximate surface area is 90.8 Å². The van der Waals surface area contributed by atoms with Crippen LogP contribution in [0.4, 0.5) is 0 Å². The second-order valence-corrected chi connectivity index (χ2v) is 3.31. The highest BCUT2D eigenvalue weighted by Gasteiger charge is 2.35. The van der Waals surface area contributed by atoms with Crippen LogP contribution in [0.3, 0.4) is 0 Å². The standard InChI is InChI=1S/C8H14N2O6/c9-2-4(7(13)14)3(6(11)12)1-5(10)8(15)16/h3-5H,1-2,9-10H2,(H,11,12)(H,13,14)(H,15,16). The van der Waals surface area contributed by atoms with Crippen molar-refractivity contribution in [3.8, 4) is 0 Å². The monoisotopic (exact) mass is 234 g/mol. The lowest BCUT2D eigenvalue weighted by molar-refractivity contribution is -0.154. The molecule has 0 aliphatic heterocycles. The van der Waals surface area contributed by atoms with E-state index in [0.717, 1.165) is 0 Å². The van der Waals surface area contributed by atoms with Crippen LogP contribution in [0.5, 0.6) is 0 Å². The Morgan fingerprint density at radius 2 is 1.38 bits per heavy atom. The van der Waals surface area contributed by atoms with E-state index in [4.69, 9.17) is 26.8 Å². The first-order chi connectivity index (χ1) is 7.31. The quantitative estimate of drug-likeness (QED) is 0.342. The van der Waals surface area contributed by atoms with Crippen molar-refractivity contribution in [1.29, 1.82) is 0 Å². The van der Waals surface area contributed by atoms with Gasteiger partial charge in [-0.15, -0.1) is 0 Å². The summed E-state index contributed by atoms with van der Waals surface area (Å²) in [5.74, 6) is -6.94. The van der Waals surface area contributed by atoms with Crippen LogP contribution in [0.15, 0.2) is 0 Å². The number of aliphatic carboxylic acids is 3. The maximum atomic E-state index is 10.8. The molecule has 7 N–H and O–H groups in total. The second-order valence-electron chi connectivity index (χ2n) is 3.31. The van der Waals surface area contributed by atoms with E-state index in [1.165, 1.54) is 0 Å². The number of carboxylic acids is 3. The molecule has 0 aromatic carbocycles. The zero-order valence-corrected chi connectivity index (χ0v) is 8.37. The van der Waals surface area contributed by atoms with Crippen molar-refractivity contribution in [2.75, 3.05) is 6.54 Å². The normalized spacial score (nSPS) is 16.1. The molecule has 0 heterocycles. The molecule has 0 spiro atoms. The van der Waals surface area contributed by atoms with Gasteiger partial charge in [-0.3, -0.25) is 14.4 Å². The Kier molecular flexibility index (Phi) is 5.40. The molecule has 0 saturated heterocycles. The Bertz CT molecular complexity index is 292. The summed E-state index contributed by atoms with van der Waals surface area (Å²) in [7, 11) is 0. The second kappa shape index (κ2) is 6.03. The predicted octanol–water partition coefficient (Wildman–Crippen LogP) is -1.85. The smallest absolute Gasteiger partial charge is 0.320 e. The van der Waals surface area contributed by atoms with Crippen LogP contribution in [0, 0.1) is 11.8 Å². The molecule has 92 valence electrons. The Morgan fingerprint density at radius 3 is 1.62 bits per heavy atom. The van der Waals surface area contributed by atoms with E-state index in [2.05, 4.69) is 0 Å². The van der Waals surface area contributed by atoms with Gasteiger partial charge in [-0.05, 0) is 6.42 Å². The molecule has 16 heavy (non-hydrogen) atoms. The summed E-state index contributed by atoms with van der Waals surface area (Å²) < 4.78 is 0. The molecule has 8 heteroatoms. The fraction of sp³-hybridized carbons (Fsp3) is 0.625. The lowest BCUT2D eigenvalue weighted by atomic mass is 9.87. The molecular weight excluding hydrogens is 220 g/mol. The molecule has 0 aromatic heterocycles. The highest BCUT2D eigenvalue weighted by atomic mass is 16.4. The molecule has 3 atom stereocenters. The third kappa shape index (κ3) is 3.83. The van der Waals surface area contributed by atoms with Crippen molar-refractivity contribution >= 4 is 17.9 Å². The van der Waals surface area contributed by atoms with Crippen LogP contribution in [-0.4, -0.2) is 45.8 Å².